The van der Waals surface area contributed by atoms with Crippen molar-refractivity contribution in [1.29, 1.82) is 0 Å². The number of halogens is 1. The number of rotatable bonds is 1. The average Bonchev–Trinajstić information content (AvgIpc) is 2.01. The first-order valence-corrected chi connectivity index (χ1v) is 4.96. The second-order valence-corrected chi connectivity index (χ2v) is 3.50. The van der Waals surface area contributed by atoms with Gasteiger partial charge in [-0.1, -0.05) is 0 Å². The summed E-state index contributed by atoms with van der Waals surface area (Å²) in [6.45, 7) is 0. The van der Waals surface area contributed by atoms with Crippen LogP contribution in [-0.4, -0.2) is 18.8 Å². The normalized spacial score (nSPS) is 10.3. The van der Waals surface area contributed by atoms with Crippen LogP contribution in [0, 0.1) is 15.5 Å². The topological polar surface area (TPSA) is 120 Å². The minimum absolute atomic E-state index is 0.771. The van der Waals surface area contributed by atoms with Crippen LogP contribution in [0.2, 0.25) is 0 Å². The molecule has 0 bridgehead atoms. The van der Waals surface area contributed by atoms with Gasteiger partial charge in [-0.05, 0) is 0 Å². The molecule has 0 amide bonds. The van der Waals surface area contributed by atoms with E-state index in [-0.39, 0.29) is 0 Å². The Balaban J connectivity index is 0.000000336. The Kier molecular flexibility index (Phi) is 5.26. The molecule has 0 aliphatic heterocycles. The molecule has 7 nitrogen and oxygen atoms in total. The fraction of sp³-hybridized carbons (Fsp3) is 0.286. The number of nitrogens with zero attached hydrogens (tertiary/aromatic N) is 2. The van der Waals surface area contributed by atoms with E-state index in [2.05, 4.69) is 0 Å². The largest absolute Gasteiger partial charge is 0.619 e. The van der Waals surface area contributed by atoms with Crippen molar-refractivity contribution in [2.24, 2.45) is 0 Å². The summed E-state index contributed by atoms with van der Waals surface area (Å²) in [6.07, 6.45) is 2.96. The zero-order valence-electron chi connectivity index (χ0n) is 8.16. The van der Waals surface area contributed by atoms with Gasteiger partial charge in [0.25, 0.3) is 0 Å². The minimum atomic E-state index is -4.69. The monoisotopic (exact) mass is 238 g/mol. The quantitative estimate of drug-likeness (QED) is 0.397. The van der Waals surface area contributed by atoms with Crippen LogP contribution in [0.5, 0.6) is 0 Å². The second kappa shape index (κ2) is 5.69. The van der Waals surface area contributed by atoms with Gasteiger partial charge in [-0.3, -0.25) is 0 Å². The van der Waals surface area contributed by atoms with Gasteiger partial charge in [0.1, 0.15) is 0 Å². The third-order valence-corrected chi connectivity index (χ3v) is 1.30. The lowest BCUT2D eigenvalue weighted by molar-refractivity contribution is -1.92. The lowest BCUT2D eigenvalue weighted by Crippen LogP contribution is -2.58. The number of hydrogen-bond donors (Lipinski definition) is 1. The van der Waals surface area contributed by atoms with Gasteiger partial charge in [-0.2, -0.15) is 18.7 Å². The lowest BCUT2D eigenvalue weighted by atomic mass is 10.4. The van der Waals surface area contributed by atoms with Gasteiger partial charge in [-0.15, -0.1) is 0 Å². The Morgan fingerprint density at radius 2 is 1.53 bits per heavy atom. The summed E-state index contributed by atoms with van der Waals surface area (Å²) in [5.41, 5.74) is 1.03. The number of anilines is 1. The number of pyridine rings is 1. The van der Waals surface area contributed by atoms with E-state index in [1.807, 2.05) is 19.0 Å². The van der Waals surface area contributed by atoms with Crippen LogP contribution < -0.4 is 23.6 Å². The van der Waals surface area contributed by atoms with Crippen LogP contribution in [0.4, 0.5) is 5.69 Å². The zero-order chi connectivity index (χ0) is 12.1. The predicted molar refractivity (Wildman–Crippen MR) is 41.9 cm³/mol. The fourth-order valence-corrected chi connectivity index (χ4v) is 0.703. The maximum absolute atomic E-state index is 10.5. The molecule has 1 aromatic rings. The van der Waals surface area contributed by atoms with Gasteiger partial charge < -0.3 is 10.1 Å². The van der Waals surface area contributed by atoms with Crippen molar-refractivity contribution in [3.63, 3.8) is 0 Å². The Morgan fingerprint density at radius 1 is 1.20 bits per heavy atom. The highest BCUT2D eigenvalue weighted by Crippen LogP contribution is 2.05. The molecule has 0 unspecified atom stereocenters. The Morgan fingerprint density at radius 3 is 1.80 bits per heavy atom. The van der Waals surface area contributed by atoms with Gasteiger partial charge in [0.2, 0.25) is 0 Å². The first-order valence-electron chi connectivity index (χ1n) is 3.69. The third-order valence-electron chi connectivity index (χ3n) is 1.30. The summed E-state index contributed by atoms with van der Waals surface area (Å²) in [6, 6.07) is 3.54. The smallest absolute Gasteiger partial charge is 0.182 e. The number of hydrogen-bond acceptors (Lipinski definition) is 6. The molecule has 0 spiro atoms. The van der Waals surface area contributed by atoms with Crippen molar-refractivity contribution in [3.8, 4) is 0 Å². The van der Waals surface area contributed by atoms with Crippen molar-refractivity contribution >= 4 is 5.69 Å². The van der Waals surface area contributed by atoms with E-state index in [1.54, 1.807) is 12.1 Å². The van der Waals surface area contributed by atoms with Crippen LogP contribution >= 0.6 is 0 Å². The second-order valence-electron chi connectivity index (χ2n) is 2.71. The summed E-state index contributed by atoms with van der Waals surface area (Å²) in [4.78, 5) is 1.94. The van der Waals surface area contributed by atoms with Gasteiger partial charge in [0.15, 0.2) is 12.4 Å². The third kappa shape index (κ3) is 9.19. The van der Waals surface area contributed by atoms with E-state index in [9.17, 15) is 5.21 Å². The summed E-state index contributed by atoms with van der Waals surface area (Å²) in [7, 11) is -0.824. The molecule has 0 saturated heterocycles. The Hall–Kier alpha value is -1.12. The molecular weight excluding hydrogens is 228 g/mol. The van der Waals surface area contributed by atoms with E-state index < -0.39 is 10.2 Å². The molecule has 1 aromatic heterocycles. The van der Waals surface area contributed by atoms with Crippen LogP contribution in [0.25, 0.3) is 0 Å². The van der Waals surface area contributed by atoms with Gasteiger partial charge >= 0.3 is 0 Å². The Bertz CT molecular complexity index is 278. The summed E-state index contributed by atoms with van der Waals surface area (Å²) >= 11 is 0. The average molecular weight is 239 g/mol. The maximum atomic E-state index is 10.5. The first kappa shape index (κ1) is 13.9. The molecule has 1 N–H and O–H groups in total. The van der Waals surface area contributed by atoms with Crippen LogP contribution in [0.3, 0.4) is 0 Å². The lowest BCUT2D eigenvalue weighted by Gasteiger charge is -2.10. The maximum Gasteiger partial charge on any atom is 0.182 e. The summed E-state index contributed by atoms with van der Waals surface area (Å²) < 4.78 is 33.5. The molecule has 0 saturated carbocycles. The van der Waals surface area contributed by atoms with E-state index in [0.29, 0.717) is 0 Å². The predicted octanol–water partition coefficient (Wildman–Crippen LogP) is -3.74. The molecule has 15 heavy (non-hydrogen) atoms. The van der Waals surface area contributed by atoms with Crippen LogP contribution in [0.15, 0.2) is 24.5 Å². The van der Waals surface area contributed by atoms with Crippen LogP contribution in [0.1, 0.15) is 0 Å². The van der Waals surface area contributed by atoms with Crippen molar-refractivity contribution in [2.75, 3.05) is 19.0 Å². The molecule has 0 fully saturated rings. The highest BCUT2D eigenvalue weighted by molar-refractivity contribution is 5.41. The van der Waals surface area contributed by atoms with Gasteiger partial charge in [-0.25, -0.2) is 0 Å². The Labute approximate surface area is 88.7 Å². The molecular formula is C7H11ClN2O5. The highest BCUT2D eigenvalue weighted by Gasteiger charge is 1.98. The molecule has 1 rings (SSSR count). The fourth-order valence-electron chi connectivity index (χ4n) is 0.703. The SMILES string of the molecule is CN(C)c1cc[n+]([O-])cc1.[O-][Cl+3]([O-])([O-])O. The summed E-state index contributed by atoms with van der Waals surface area (Å²) in [5.74, 6) is 0. The molecule has 8 heteroatoms. The number of aromatic nitrogens is 1. The van der Waals surface area contributed by atoms with Crippen molar-refractivity contribution in [2.45, 2.75) is 0 Å². The first-order chi connectivity index (χ1) is 6.70. The molecule has 0 aliphatic carbocycles. The molecule has 0 aromatic carbocycles. The van der Waals surface area contributed by atoms with Crippen molar-refractivity contribution in [1.82, 2.24) is 0 Å². The minimum Gasteiger partial charge on any atom is -0.619 e. The van der Waals surface area contributed by atoms with Gasteiger partial charge in [0, 0.05) is 31.9 Å². The van der Waals surface area contributed by atoms with E-state index >= 15 is 0 Å². The standard InChI is InChI=1S/C7H10N2O.ClHO4/c1-8(2)7-3-5-9(10)6-4-7;2-1(3,4)5/h3-6H,1-2H3;(H,2,3,4,5). The van der Waals surface area contributed by atoms with Crippen LogP contribution in [-0.2, 0) is 0 Å². The summed E-state index contributed by atoms with van der Waals surface area (Å²) in [5, 5.41) is 10.5. The highest BCUT2D eigenvalue weighted by atomic mass is 35.7. The van der Waals surface area contributed by atoms with E-state index in [0.717, 1.165) is 10.4 Å². The molecule has 1 heterocycles. The van der Waals surface area contributed by atoms with Crippen molar-refractivity contribution in [3.05, 3.63) is 29.7 Å². The zero-order valence-corrected chi connectivity index (χ0v) is 8.92. The van der Waals surface area contributed by atoms with E-state index in [4.69, 9.17) is 18.6 Å². The molecule has 0 atom stereocenters. The molecule has 86 valence electrons. The van der Waals surface area contributed by atoms with E-state index in [1.165, 1.54) is 12.4 Å². The molecule has 0 radical (unpaired) electrons. The molecule has 0 aliphatic rings. The van der Waals surface area contributed by atoms with Crippen molar-refractivity contribution < 1.29 is 33.6 Å². The van der Waals surface area contributed by atoms with Gasteiger partial charge in [0.05, 0.1) is 14.9 Å².